The molecule has 156 valence electrons. The van der Waals surface area contributed by atoms with E-state index in [1.54, 1.807) is 6.92 Å². The first-order valence-electron chi connectivity index (χ1n) is 9.47. The molecule has 0 radical (unpaired) electrons. The number of nitrogens with zero attached hydrogens (tertiary/aromatic N) is 3. The SMILES string of the molecule is CCOC(=O)C1CCCN(C2CC(=O)N(c3ccc([N+](=O)[O-])cc3OC)C2=O)C1. The first kappa shape index (κ1) is 20.7. The number of likely N-dealkylation sites (tertiary alicyclic amines) is 1. The molecule has 0 N–H and O–H groups in total. The third kappa shape index (κ3) is 4.07. The second kappa shape index (κ2) is 8.56. The average molecular weight is 405 g/mol. The van der Waals surface area contributed by atoms with Crippen LogP contribution in [0.3, 0.4) is 0 Å². The lowest BCUT2D eigenvalue weighted by atomic mass is 9.96. The minimum Gasteiger partial charge on any atom is -0.494 e. The van der Waals surface area contributed by atoms with Crippen LogP contribution in [0.25, 0.3) is 0 Å². The molecule has 2 amide bonds. The van der Waals surface area contributed by atoms with E-state index >= 15 is 0 Å². The summed E-state index contributed by atoms with van der Waals surface area (Å²) in [6.45, 7) is 3.00. The van der Waals surface area contributed by atoms with Gasteiger partial charge in [0.2, 0.25) is 5.91 Å². The highest BCUT2D eigenvalue weighted by Gasteiger charge is 2.45. The van der Waals surface area contributed by atoms with E-state index in [1.165, 1.54) is 25.3 Å². The zero-order valence-corrected chi connectivity index (χ0v) is 16.3. The van der Waals surface area contributed by atoms with Gasteiger partial charge in [0.1, 0.15) is 5.75 Å². The third-order valence-corrected chi connectivity index (χ3v) is 5.25. The summed E-state index contributed by atoms with van der Waals surface area (Å²) in [5, 5.41) is 11.0. The Balaban J connectivity index is 1.81. The van der Waals surface area contributed by atoms with Crippen LogP contribution in [0.2, 0.25) is 0 Å². The van der Waals surface area contributed by atoms with E-state index < -0.39 is 22.8 Å². The molecule has 1 aromatic carbocycles. The Morgan fingerprint density at radius 1 is 1.34 bits per heavy atom. The molecule has 2 aliphatic rings. The molecule has 2 fully saturated rings. The van der Waals surface area contributed by atoms with Crippen molar-refractivity contribution in [2.24, 2.45) is 5.92 Å². The maximum absolute atomic E-state index is 13.1. The molecule has 2 heterocycles. The number of amides is 2. The number of methoxy groups -OCH3 is 1. The molecule has 0 spiro atoms. The Morgan fingerprint density at radius 3 is 2.76 bits per heavy atom. The van der Waals surface area contributed by atoms with Crippen molar-refractivity contribution in [1.29, 1.82) is 0 Å². The number of benzene rings is 1. The molecule has 2 unspecified atom stereocenters. The number of carbonyl (C=O) groups is 3. The van der Waals surface area contributed by atoms with Crippen LogP contribution in [-0.2, 0) is 19.1 Å². The second-order valence-electron chi connectivity index (χ2n) is 6.99. The molecule has 10 nitrogen and oxygen atoms in total. The predicted molar refractivity (Wildman–Crippen MR) is 101 cm³/mol. The third-order valence-electron chi connectivity index (χ3n) is 5.25. The molecule has 0 aromatic heterocycles. The molecule has 10 heteroatoms. The first-order chi connectivity index (χ1) is 13.9. The standard InChI is InChI=1S/C19H23N3O7/c1-3-29-19(25)12-5-4-8-20(11-12)15-10-17(23)21(18(15)24)14-7-6-13(22(26)27)9-16(14)28-2/h6-7,9,12,15H,3-5,8,10-11H2,1-2H3. The van der Waals surface area contributed by atoms with Gasteiger partial charge in [-0.2, -0.15) is 0 Å². The van der Waals surface area contributed by atoms with E-state index in [-0.39, 0.29) is 35.4 Å². The Bertz CT molecular complexity index is 841. The summed E-state index contributed by atoms with van der Waals surface area (Å²) >= 11 is 0. The van der Waals surface area contributed by atoms with Crippen LogP contribution < -0.4 is 9.64 Å². The second-order valence-corrected chi connectivity index (χ2v) is 6.99. The minimum absolute atomic E-state index is 0.0193. The fourth-order valence-electron chi connectivity index (χ4n) is 3.86. The zero-order valence-electron chi connectivity index (χ0n) is 16.3. The molecular weight excluding hydrogens is 382 g/mol. The van der Waals surface area contributed by atoms with Crippen LogP contribution in [0.5, 0.6) is 5.75 Å². The Hall–Kier alpha value is -3.01. The van der Waals surface area contributed by atoms with E-state index in [2.05, 4.69) is 0 Å². The highest BCUT2D eigenvalue weighted by molar-refractivity contribution is 6.23. The van der Waals surface area contributed by atoms with Crippen molar-refractivity contribution in [3.8, 4) is 5.75 Å². The molecule has 0 aliphatic carbocycles. The number of rotatable bonds is 6. The van der Waals surface area contributed by atoms with Gasteiger partial charge in [-0.15, -0.1) is 0 Å². The zero-order chi connectivity index (χ0) is 21.1. The van der Waals surface area contributed by atoms with Gasteiger partial charge in [-0.3, -0.25) is 29.4 Å². The van der Waals surface area contributed by atoms with E-state index in [1.807, 2.05) is 4.90 Å². The summed E-state index contributed by atoms with van der Waals surface area (Å²) in [7, 11) is 1.32. The molecule has 2 aliphatic heterocycles. The maximum Gasteiger partial charge on any atom is 0.310 e. The Labute approximate surface area is 167 Å². The summed E-state index contributed by atoms with van der Waals surface area (Å²) in [6, 6.07) is 3.07. The van der Waals surface area contributed by atoms with Gasteiger partial charge in [-0.1, -0.05) is 0 Å². The summed E-state index contributed by atoms with van der Waals surface area (Å²) < 4.78 is 10.3. The van der Waals surface area contributed by atoms with Crippen LogP contribution >= 0.6 is 0 Å². The van der Waals surface area contributed by atoms with Gasteiger partial charge in [0.05, 0.1) is 48.8 Å². The number of piperidine rings is 1. The van der Waals surface area contributed by atoms with Crippen molar-refractivity contribution < 1.29 is 28.8 Å². The van der Waals surface area contributed by atoms with Gasteiger partial charge < -0.3 is 9.47 Å². The van der Waals surface area contributed by atoms with Crippen molar-refractivity contribution in [2.45, 2.75) is 32.2 Å². The maximum atomic E-state index is 13.1. The lowest BCUT2D eigenvalue weighted by Gasteiger charge is -2.34. The highest BCUT2D eigenvalue weighted by Crippen LogP contribution is 2.36. The van der Waals surface area contributed by atoms with Crippen LogP contribution in [0, 0.1) is 16.0 Å². The topological polar surface area (TPSA) is 119 Å². The lowest BCUT2D eigenvalue weighted by Crippen LogP contribution is -2.48. The number of hydrogen-bond donors (Lipinski definition) is 0. The number of nitro groups is 1. The van der Waals surface area contributed by atoms with Crippen molar-refractivity contribution >= 4 is 29.2 Å². The number of esters is 1. The van der Waals surface area contributed by atoms with Gasteiger partial charge in [0, 0.05) is 12.6 Å². The van der Waals surface area contributed by atoms with Gasteiger partial charge in [0.25, 0.3) is 11.6 Å². The molecule has 0 saturated carbocycles. The first-order valence-corrected chi connectivity index (χ1v) is 9.47. The van der Waals surface area contributed by atoms with Gasteiger partial charge in [0.15, 0.2) is 0 Å². The molecule has 3 rings (SSSR count). The van der Waals surface area contributed by atoms with Crippen LogP contribution in [0.1, 0.15) is 26.2 Å². The average Bonchev–Trinajstić information content (AvgIpc) is 3.01. The minimum atomic E-state index is -0.681. The number of non-ortho nitro benzene ring substituents is 1. The molecule has 29 heavy (non-hydrogen) atoms. The smallest absolute Gasteiger partial charge is 0.310 e. The quantitative estimate of drug-likeness (QED) is 0.302. The van der Waals surface area contributed by atoms with Crippen LogP contribution in [-0.4, -0.2) is 60.5 Å². The number of ether oxygens (including phenoxy) is 2. The van der Waals surface area contributed by atoms with Gasteiger partial charge >= 0.3 is 5.97 Å². The lowest BCUT2D eigenvalue weighted by molar-refractivity contribution is -0.384. The van der Waals surface area contributed by atoms with Crippen molar-refractivity contribution in [3.63, 3.8) is 0 Å². The summed E-state index contributed by atoms with van der Waals surface area (Å²) in [6.07, 6.45) is 1.39. The van der Waals surface area contributed by atoms with Crippen molar-refractivity contribution in [2.75, 3.05) is 31.7 Å². The van der Waals surface area contributed by atoms with E-state index in [0.717, 1.165) is 11.3 Å². The number of imide groups is 1. The Kier molecular flexibility index (Phi) is 6.12. The molecule has 2 atom stereocenters. The van der Waals surface area contributed by atoms with Gasteiger partial charge in [-0.25, -0.2) is 4.90 Å². The van der Waals surface area contributed by atoms with Crippen LogP contribution in [0.4, 0.5) is 11.4 Å². The Morgan fingerprint density at radius 2 is 2.10 bits per heavy atom. The molecular formula is C19H23N3O7. The predicted octanol–water partition coefficient (Wildman–Crippen LogP) is 1.51. The number of nitro benzene ring substituents is 1. The number of hydrogen-bond acceptors (Lipinski definition) is 8. The fourth-order valence-corrected chi connectivity index (χ4v) is 3.86. The normalized spacial score (nSPS) is 22.6. The van der Waals surface area contributed by atoms with E-state index in [4.69, 9.17) is 9.47 Å². The summed E-state index contributed by atoms with van der Waals surface area (Å²) in [5.74, 6) is -1.38. The van der Waals surface area contributed by atoms with E-state index in [9.17, 15) is 24.5 Å². The fraction of sp³-hybridized carbons (Fsp3) is 0.526. The molecule has 0 bridgehead atoms. The van der Waals surface area contributed by atoms with E-state index in [0.29, 0.717) is 26.1 Å². The highest BCUT2D eigenvalue weighted by atomic mass is 16.6. The largest absolute Gasteiger partial charge is 0.494 e. The van der Waals surface area contributed by atoms with Gasteiger partial charge in [-0.05, 0) is 32.4 Å². The van der Waals surface area contributed by atoms with Crippen molar-refractivity contribution in [1.82, 2.24) is 4.90 Å². The summed E-state index contributed by atoms with van der Waals surface area (Å²) in [4.78, 5) is 51.0. The molecule has 2 saturated heterocycles. The molecule has 1 aromatic rings. The van der Waals surface area contributed by atoms with Crippen LogP contribution in [0.15, 0.2) is 18.2 Å². The monoisotopic (exact) mass is 405 g/mol. The number of carbonyl (C=O) groups excluding carboxylic acids is 3. The number of anilines is 1. The van der Waals surface area contributed by atoms with Crippen molar-refractivity contribution in [3.05, 3.63) is 28.3 Å². The summed E-state index contributed by atoms with van der Waals surface area (Å²) in [5.41, 5.74) is -0.0240.